The Labute approximate surface area is 102 Å². The fourth-order valence-corrected chi connectivity index (χ4v) is 2.29. The first kappa shape index (κ1) is 12.1. The van der Waals surface area contributed by atoms with Crippen LogP contribution in [0.1, 0.15) is 0 Å². The molecular formula is C10H9N3O4S. The molecule has 1 aromatic heterocycles. The van der Waals surface area contributed by atoms with E-state index < -0.39 is 15.6 Å². The Morgan fingerprint density at radius 3 is 2.61 bits per heavy atom. The number of nitrogens with one attached hydrogen (secondary N) is 2. The van der Waals surface area contributed by atoms with Crippen molar-refractivity contribution in [3.05, 3.63) is 46.8 Å². The maximum absolute atomic E-state index is 11.9. The molecule has 7 nitrogen and oxygen atoms in total. The summed E-state index contributed by atoms with van der Waals surface area (Å²) in [5.41, 5.74) is -0.435. The molecule has 0 amide bonds. The van der Waals surface area contributed by atoms with Gasteiger partial charge in [-0.05, 0) is 18.2 Å². The number of aromatic amines is 1. The Morgan fingerprint density at radius 2 is 2.00 bits per heavy atom. The highest BCUT2D eigenvalue weighted by molar-refractivity contribution is 7.92. The number of phenols is 1. The molecule has 0 fully saturated rings. The summed E-state index contributed by atoms with van der Waals surface area (Å²) in [5.74, 6) is -0.176. The van der Waals surface area contributed by atoms with Gasteiger partial charge in [0, 0.05) is 12.1 Å². The summed E-state index contributed by atoms with van der Waals surface area (Å²) in [7, 11) is -3.84. The van der Waals surface area contributed by atoms with Crippen molar-refractivity contribution in [2.45, 2.75) is 4.90 Å². The smallest absolute Gasteiger partial charge is 0.264 e. The van der Waals surface area contributed by atoms with Gasteiger partial charge in [-0.2, -0.15) is 5.10 Å². The second-order valence-corrected chi connectivity index (χ2v) is 5.09. The zero-order valence-corrected chi connectivity index (χ0v) is 9.81. The topological polar surface area (TPSA) is 112 Å². The van der Waals surface area contributed by atoms with E-state index in [4.69, 9.17) is 0 Å². The Bertz CT molecular complexity index is 703. The molecule has 0 saturated carbocycles. The number of H-pyrrole nitrogens is 1. The van der Waals surface area contributed by atoms with Crippen molar-refractivity contribution in [3.63, 3.8) is 0 Å². The number of sulfonamides is 1. The van der Waals surface area contributed by atoms with E-state index in [0.717, 1.165) is 12.1 Å². The molecule has 0 aliphatic carbocycles. The molecule has 18 heavy (non-hydrogen) atoms. The number of benzene rings is 1. The van der Waals surface area contributed by atoms with Crippen LogP contribution in [0, 0.1) is 0 Å². The van der Waals surface area contributed by atoms with Crippen molar-refractivity contribution < 1.29 is 13.5 Å². The van der Waals surface area contributed by atoms with Crippen molar-refractivity contribution in [1.29, 1.82) is 0 Å². The summed E-state index contributed by atoms with van der Waals surface area (Å²) in [6, 6.07) is 7.58. The third-order valence-electron chi connectivity index (χ3n) is 2.05. The van der Waals surface area contributed by atoms with Gasteiger partial charge in [0.1, 0.15) is 5.75 Å². The van der Waals surface area contributed by atoms with Crippen molar-refractivity contribution in [2.24, 2.45) is 0 Å². The average molecular weight is 267 g/mol. The first-order valence-corrected chi connectivity index (χ1v) is 6.33. The molecule has 0 bridgehead atoms. The molecule has 0 atom stereocenters. The minimum atomic E-state index is -3.84. The summed E-state index contributed by atoms with van der Waals surface area (Å²) >= 11 is 0. The monoisotopic (exact) mass is 267 g/mol. The van der Waals surface area contributed by atoms with Crippen molar-refractivity contribution in [3.8, 4) is 5.75 Å². The average Bonchev–Trinajstić information content (AvgIpc) is 2.32. The van der Waals surface area contributed by atoms with Crippen LogP contribution in [0.4, 0.5) is 5.82 Å². The molecule has 1 heterocycles. The van der Waals surface area contributed by atoms with Crippen LogP contribution in [0.3, 0.4) is 0 Å². The first-order chi connectivity index (χ1) is 8.47. The fraction of sp³-hybridized carbons (Fsp3) is 0. The lowest BCUT2D eigenvalue weighted by atomic mass is 10.3. The van der Waals surface area contributed by atoms with Crippen LogP contribution in [-0.4, -0.2) is 23.7 Å². The molecule has 0 aliphatic heterocycles. The molecule has 2 rings (SSSR count). The van der Waals surface area contributed by atoms with E-state index in [1.807, 2.05) is 0 Å². The van der Waals surface area contributed by atoms with E-state index in [1.165, 1.54) is 24.3 Å². The predicted octanol–water partition coefficient (Wildman–Crippen LogP) is 0.276. The van der Waals surface area contributed by atoms with Gasteiger partial charge >= 0.3 is 0 Å². The van der Waals surface area contributed by atoms with Crippen molar-refractivity contribution in [2.75, 3.05) is 4.72 Å². The van der Waals surface area contributed by atoms with Crippen LogP contribution < -0.4 is 10.3 Å². The number of rotatable bonds is 3. The zero-order chi connectivity index (χ0) is 13.2. The molecule has 0 aliphatic rings. The highest BCUT2D eigenvalue weighted by Gasteiger charge is 2.15. The second kappa shape index (κ2) is 4.49. The molecule has 0 saturated heterocycles. The summed E-state index contributed by atoms with van der Waals surface area (Å²) in [6.07, 6.45) is 0. The maximum atomic E-state index is 11.9. The lowest BCUT2D eigenvalue weighted by Gasteiger charge is -2.06. The molecule has 0 radical (unpaired) electrons. The first-order valence-electron chi connectivity index (χ1n) is 4.85. The van der Waals surface area contributed by atoms with Crippen LogP contribution in [0.2, 0.25) is 0 Å². The van der Waals surface area contributed by atoms with Crippen molar-refractivity contribution >= 4 is 15.8 Å². The van der Waals surface area contributed by atoms with Crippen molar-refractivity contribution in [1.82, 2.24) is 10.2 Å². The number of aromatic hydroxyl groups is 1. The standard InChI is InChI=1S/C10H9N3O4S/c14-7-2-1-3-8(6-7)18(16,17)13-9-4-5-10(15)12-11-9/h1-6,14H,(H,11,13)(H,12,15). The summed E-state index contributed by atoms with van der Waals surface area (Å²) < 4.78 is 25.9. The second-order valence-electron chi connectivity index (χ2n) is 3.41. The lowest BCUT2D eigenvalue weighted by Crippen LogP contribution is -2.16. The highest BCUT2D eigenvalue weighted by Crippen LogP contribution is 2.17. The minimum Gasteiger partial charge on any atom is -0.508 e. The number of phenolic OH excluding ortho intramolecular Hbond substituents is 1. The van der Waals surface area contributed by atoms with E-state index in [9.17, 15) is 18.3 Å². The van der Waals surface area contributed by atoms with Gasteiger partial charge in [-0.15, -0.1) is 0 Å². The number of aromatic nitrogens is 2. The maximum Gasteiger partial charge on any atom is 0.264 e. The third-order valence-corrected chi connectivity index (χ3v) is 3.40. The number of nitrogens with zero attached hydrogens (tertiary/aromatic N) is 1. The third kappa shape index (κ3) is 2.66. The molecule has 94 valence electrons. The highest BCUT2D eigenvalue weighted by atomic mass is 32.2. The van der Waals surface area contributed by atoms with E-state index in [0.29, 0.717) is 0 Å². The summed E-state index contributed by atoms with van der Waals surface area (Å²) in [5, 5.41) is 14.8. The van der Waals surface area contributed by atoms with E-state index >= 15 is 0 Å². The predicted molar refractivity (Wildman–Crippen MR) is 63.8 cm³/mol. The largest absolute Gasteiger partial charge is 0.508 e. The normalized spacial score (nSPS) is 11.1. The summed E-state index contributed by atoms with van der Waals surface area (Å²) in [6.45, 7) is 0. The summed E-state index contributed by atoms with van der Waals surface area (Å²) in [4.78, 5) is 10.7. The number of hydrogen-bond donors (Lipinski definition) is 3. The van der Waals surface area contributed by atoms with Gasteiger partial charge in [0.2, 0.25) is 0 Å². The molecule has 2 aromatic rings. The molecule has 1 aromatic carbocycles. The van der Waals surface area contributed by atoms with E-state index in [-0.39, 0.29) is 16.5 Å². The Kier molecular flexibility index (Phi) is 3.02. The Hall–Kier alpha value is -2.35. The fourth-order valence-electron chi connectivity index (χ4n) is 1.25. The van der Waals surface area contributed by atoms with Gasteiger partial charge in [0.15, 0.2) is 5.82 Å². The van der Waals surface area contributed by atoms with Gasteiger partial charge in [-0.3, -0.25) is 9.52 Å². The zero-order valence-electron chi connectivity index (χ0n) is 8.99. The Balaban J connectivity index is 2.33. The van der Waals surface area contributed by atoms with Gasteiger partial charge in [0.05, 0.1) is 4.90 Å². The lowest BCUT2D eigenvalue weighted by molar-refractivity contribution is 0.473. The number of hydrogen-bond acceptors (Lipinski definition) is 5. The SMILES string of the molecule is O=c1ccc(NS(=O)(=O)c2cccc(O)c2)n[nH]1. The van der Waals surface area contributed by atoms with E-state index in [2.05, 4.69) is 14.9 Å². The number of anilines is 1. The van der Waals surface area contributed by atoms with Gasteiger partial charge in [0.25, 0.3) is 15.6 Å². The van der Waals surface area contributed by atoms with Crippen LogP contribution >= 0.6 is 0 Å². The van der Waals surface area contributed by atoms with Gasteiger partial charge in [-0.25, -0.2) is 13.5 Å². The molecular weight excluding hydrogens is 258 g/mol. The van der Waals surface area contributed by atoms with Gasteiger partial charge < -0.3 is 5.11 Å². The van der Waals surface area contributed by atoms with Crippen LogP contribution in [0.5, 0.6) is 5.75 Å². The van der Waals surface area contributed by atoms with Crippen LogP contribution in [-0.2, 0) is 10.0 Å². The molecule has 0 unspecified atom stereocenters. The Morgan fingerprint density at radius 1 is 1.22 bits per heavy atom. The minimum absolute atomic E-state index is 0.0158. The van der Waals surface area contributed by atoms with Gasteiger partial charge in [-0.1, -0.05) is 6.07 Å². The quantitative estimate of drug-likeness (QED) is 0.739. The van der Waals surface area contributed by atoms with E-state index in [1.54, 1.807) is 0 Å². The molecule has 8 heteroatoms. The van der Waals surface area contributed by atoms with Crippen LogP contribution in [0.15, 0.2) is 46.1 Å². The molecule has 3 N–H and O–H groups in total. The molecule has 0 spiro atoms. The van der Waals surface area contributed by atoms with Crippen LogP contribution in [0.25, 0.3) is 0 Å².